The number of hydrogen-bond acceptors (Lipinski definition) is 4. The highest BCUT2D eigenvalue weighted by Gasteiger charge is 2.28. The standard InChI is InChI=1S/C19H19FN6/c1-10-8-26-9-13(5-16(20)18(26)23-10)14-6-21-17-15(14)7-22-19(25-17)24-11(2)12-3-4-12/h5-9,11-12H,3-4H2,1-2H3,(H2,21,22,24,25). The lowest BCUT2D eigenvalue weighted by atomic mass is 10.1. The monoisotopic (exact) mass is 350 g/mol. The number of aryl methyl sites for hydroxylation is 1. The molecule has 1 aliphatic rings. The molecular weight excluding hydrogens is 331 g/mol. The lowest BCUT2D eigenvalue weighted by molar-refractivity contribution is 0.630. The first-order chi connectivity index (χ1) is 12.6. The Kier molecular flexibility index (Phi) is 3.25. The summed E-state index contributed by atoms with van der Waals surface area (Å²) in [5.41, 5.74) is 3.48. The maximum atomic E-state index is 14.4. The van der Waals surface area contributed by atoms with E-state index in [9.17, 15) is 4.39 Å². The number of imidazole rings is 1. The Labute approximate surface area is 149 Å². The molecule has 7 heteroatoms. The number of aromatic amines is 1. The lowest BCUT2D eigenvalue weighted by Gasteiger charge is -2.12. The molecular formula is C19H19FN6. The maximum Gasteiger partial charge on any atom is 0.224 e. The molecule has 0 amide bonds. The van der Waals surface area contributed by atoms with E-state index in [0.29, 0.717) is 17.6 Å². The van der Waals surface area contributed by atoms with E-state index in [1.54, 1.807) is 10.6 Å². The molecule has 4 aromatic rings. The molecule has 6 nitrogen and oxygen atoms in total. The Balaban J connectivity index is 1.54. The van der Waals surface area contributed by atoms with Gasteiger partial charge in [-0.2, -0.15) is 4.98 Å². The summed E-state index contributed by atoms with van der Waals surface area (Å²) in [5.74, 6) is 1.00. The van der Waals surface area contributed by atoms with Gasteiger partial charge in [0.25, 0.3) is 0 Å². The van der Waals surface area contributed by atoms with Crippen LogP contribution in [0.25, 0.3) is 27.8 Å². The first kappa shape index (κ1) is 15.3. The van der Waals surface area contributed by atoms with E-state index >= 15 is 0 Å². The fourth-order valence-corrected chi connectivity index (χ4v) is 3.46. The van der Waals surface area contributed by atoms with E-state index < -0.39 is 0 Å². The summed E-state index contributed by atoms with van der Waals surface area (Å²) in [6.07, 6.45) is 9.86. The second-order valence-corrected chi connectivity index (χ2v) is 7.12. The van der Waals surface area contributed by atoms with Gasteiger partial charge in [-0.15, -0.1) is 0 Å². The Bertz CT molecular complexity index is 1120. The minimum atomic E-state index is -0.345. The van der Waals surface area contributed by atoms with E-state index in [1.807, 2.05) is 25.5 Å². The molecule has 1 fully saturated rings. The van der Waals surface area contributed by atoms with Crippen LogP contribution in [0.1, 0.15) is 25.5 Å². The van der Waals surface area contributed by atoms with Gasteiger partial charge in [0.05, 0.1) is 5.69 Å². The summed E-state index contributed by atoms with van der Waals surface area (Å²) in [6, 6.07) is 1.88. The number of hydrogen-bond donors (Lipinski definition) is 2. The van der Waals surface area contributed by atoms with Crippen LogP contribution >= 0.6 is 0 Å². The summed E-state index contributed by atoms with van der Waals surface area (Å²) >= 11 is 0. The molecule has 2 N–H and O–H groups in total. The third-order valence-corrected chi connectivity index (χ3v) is 5.06. The van der Waals surface area contributed by atoms with Crippen molar-refractivity contribution in [2.45, 2.75) is 32.7 Å². The molecule has 1 atom stereocenters. The van der Waals surface area contributed by atoms with E-state index in [4.69, 9.17) is 0 Å². The van der Waals surface area contributed by atoms with Gasteiger partial charge in [-0.3, -0.25) is 0 Å². The molecule has 0 radical (unpaired) electrons. The van der Waals surface area contributed by atoms with Crippen molar-refractivity contribution in [3.63, 3.8) is 0 Å². The fourth-order valence-electron chi connectivity index (χ4n) is 3.46. The van der Waals surface area contributed by atoms with E-state index in [0.717, 1.165) is 33.8 Å². The lowest BCUT2D eigenvalue weighted by Crippen LogP contribution is -2.18. The van der Waals surface area contributed by atoms with Crippen LogP contribution in [-0.4, -0.2) is 30.4 Å². The van der Waals surface area contributed by atoms with Crippen LogP contribution in [0.5, 0.6) is 0 Å². The van der Waals surface area contributed by atoms with Crippen LogP contribution in [0.15, 0.2) is 30.9 Å². The average Bonchev–Trinajstić information content (AvgIpc) is 3.27. The SMILES string of the molecule is Cc1cn2cc(-c3c[nH]c4nc(NC(C)C5CC5)ncc34)cc(F)c2n1. The van der Waals surface area contributed by atoms with Gasteiger partial charge in [0, 0.05) is 47.3 Å². The number of rotatable bonds is 4. The number of pyridine rings is 1. The Morgan fingerprint density at radius 1 is 1.31 bits per heavy atom. The molecule has 0 aromatic carbocycles. The number of fused-ring (bicyclic) bond motifs is 2. The molecule has 0 saturated heterocycles. The number of nitrogens with zero attached hydrogens (tertiary/aromatic N) is 4. The van der Waals surface area contributed by atoms with E-state index in [-0.39, 0.29) is 5.82 Å². The van der Waals surface area contributed by atoms with Crippen molar-refractivity contribution in [2.75, 3.05) is 5.32 Å². The summed E-state index contributed by atoms with van der Waals surface area (Å²) < 4.78 is 16.1. The van der Waals surface area contributed by atoms with Gasteiger partial charge < -0.3 is 14.7 Å². The van der Waals surface area contributed by atoms with Crippen molar-refractivity contribution in [3.8, 4) is 11.1 Å². The number of halogens is 1. The van der Waals surface area contributed by atoms with Gasteiger partial charge in [-0.1, -0.05) is 0 Å². The zero-order valence-corrected chi connectivity index (χ0v) is 14.6. The second kappa shape index (κ2) is 5.52. The van der Waals surface area contributed by atoms with Gasteiger partial charge in [0.2, 0.25) is 5.95 Å². The van der Waals surface area contributed by atoms with Gasteiger partial charge in [0.1, 0.15) is 5.65 Å². The van der Waals surface area contributed by atoms with Crippen molar-refractivity contribution < 1.29 is 4.39 Å². The summed E-state index contributed by atoms with van der Waals surface area (Å²) in [4.78, 5) is 16.4. The van der Waals surface area contributed by atoms with Gasteiger partial charge in [-0.05, 0) is 38.7 Å². The molecule has 132 valence electrons. The molecule has 1 unspecified atom stereocenters. The van der Waals surface area contributed by atoms with Crippen LogP contribution in [0, 0.1) is 18.7 Å². The van der Waals surface area contributed by atoms with Crippen molar-refractivity contribution in [3.05, 3.63) is 42.4 Å². The Morgan fingerprint density at radius 3 is 2.96 bits per heavy atom. The normalized spacial score (nSPS) is 15.7. The van der Waals surface area contributed by atoms with E-state index in [2.05, 4.69) is 32.2 Å². The van der Waals surface area contributed by atoms with E-state index in [1.165, 1.54) is 18.9 Å². The molecule has 4 heterocycles. The van der Waals surface area contributed by atoms with Crippen LogP contribution in [0.2, 0.25) is 0 Å². The Morgan fingerprint density at radius 2 is 2.15 bits per heavy atom. The molecule has 1 aliphatic carbocycles. The third kappa shape index (κ3) is 2.51. The highest BCUT2D eigenvalue weighted by atomic mass is 19.1. The average molecular weight is 350 g/mol. The maximum absolute atomic E-state index is 14.4. The van der Waals surface area contributed by atoms with Crippen LogP contribution in [0.3, 0.4) is 0 Å². The highest BCUT2D eigenvalue weighted by Crippen LogP contribution is 2.34. The Hall–Kier alpha value is -2.96. The predicted molar refractivity (Wildman–Crippen MR) is 98.6 cm³/mol. The molecule has 4 aromatic heterocycles. The summed E-state index contributed by atoms with van der Waals surface area (Å²) in [7, 11) is 0. The van der Waals surface area contributed by atoms with Crippen molar-refractivity contribution >= 4 is 22.6 Å². The molecule has 26 heavy (non-hydrogen) atoms. The predicted octanol–water partition coefficient (Wildman–Crippen LogP) is 3.93. The molecule has 0 aliphatic heterocycles. The van der Waals surface area contributed by atoms with Crippen LogP contribution < -0.4 is 5.32 Å². The van der Waals surface area contributed by atoms with Gasteiger partial charge >= 0.3 is 0 Å². The minimum absolute atomic E-state index is 0.336. The first-order valence-electron chi connectivity index (χ1n) is 8.84. The van der Waals surface area contributed by atoms with Crippen molar-refractivity contribution in [2.24, 2.45) is 5.92 Å². The third-order valence-electron chi connectivity index (χ3n) is 5.06. The first-order valence-corrected chi connectivity index (χ1v) is 8.84. The smallest absolute Gasteiger partial charge is 0.224 e. The number of H-pyrrole nitrogens is 1. The fraction of sp³-hybridized carbons (Fsp3) is 0.316. The molecule has 0 spiro atoms. The van der Waals surface area contributed by atoms with Crippen LogP contribution in [-0.2, 0) is 0 Å². The molecule has 1 saturated carbocycles. The number of aromatic nitrogens is 5. The zero-order chi connectivity index (χ0) is 17.8. The minimum Gasteiger partial charge on any atom is -0.351 e. The topological polar surface area (TPSA) is 70.9 Å². The molecule has 0 bridgehead atoms. The summed E-state index contributed by atoms with van der Waals surface area (Å²) in [6.45, 7) is 4.01. The van der Waals surface area contributed by atoms with Crippen molar-refractivity contribution in [1.29, 1.82) is 0 Å². The highest BCUT2D eigenvalue weighted by molar-refractivity contribution is 5.93. The number of nitrogens with one attached hydrogen (secondary N) is 2. The molecule has 5 rings (SSSR count). The zero-order valence-electron chi connectivity index (χ0n) is 14.6. The largest absolute Gasteiger partial charge is 0.351 e. The summed E-state index contributed by atoms with van der Waals surface area (Å²) in [5, 5.41) is 4.23. The van der Waals surface area contributed by atoms with Gasteiger partial charge in [-0.25, -0.2) is 14.4 Å². The van der Waals surface area contributed by atoms with Crippen molar-refractivity contribution in [1.82, 2.24) is 24.3 Å². The number of anilines is 1. The quantitative estimate of drug-likeness (QED) is 0.585. The van der Waals surface area contributed by atoms with Crippen LogP contribution in [0.4, 0.5) is 10.3 Å². The second-order valence-electron chi connectivity index (χ2n) is 7.12. The van der Waals surface area contributed by atoms with Gasteiger partial charge in [0.15, 0.2) is 11.5 Å².